The van der Waals surface area contributed by atoms with Crippen molar-refractivity contribution in [1.29, 1.82) is 0 Å². The van der Waals surface area contributed by atoms with Gasteiger partial charge in [0.2, 0.25) is 0 Å². The van der Waals surface area contributed by atoms with Crippen LogP contribution in [0.1, 0.15) is 15.9 Å². The fourth-order valence-corrected chi connectivity index (χ4v) is 2.01. The smallest absolute Gasteiger partial charge is 0.271 e. The van der Waals surface area contributed by atoms with E-state index in [2.05, 4.69) is 10.5 Å². The van der Waals surface area contributed by atoms with Crippen LogP contribution < -0.4 is 25.4 Å². The SMILES string of the molecule is COc1cc(OC)c(OC)cc1/C=N\NC(=O)c1ccc(N)cc1. The largest absolute Gasteiger partial charge is 0.496 e. The van der Waals surface area contributed by atoms with Gasteiger partial charge in [-0.3, -0.25) is 4.79 Å². The summed E-state index contributed by atoms with van der Waals surface area (Å²) in [5.74, 6) is 1.27. The van der Waals surface area contributed by atoms with Gasteiger partial charge in [-0.05, 0) is 30.3 Å². The molecule has 0 heterocycles. The van der Waals surface area contributed by atoms with E-state index < -0.39 is 0 Å². The number of carbonyl (C=O) groups is 1. The number of nitrogen functional groups attached to an aromatic ring is 1. The molecule has 0 fully saturated rings. The molecule has 2 rings (SSSR count). The number of anilines is 1. The van der Waals surface area contributed by atoms with E-state index in [4.69, 9.17) is 19.9 Å². The van der Waals surface area contributed by atoms with Crippen LogP contribution in [0, 0.1) is 0 Å². The number of hydrazone groups is 1. The maximum absolute atomic E-state index is 12.0. The van der Waals surface area contributed by atoms with E-state index in [9.17, 15) is 4.79 Å². The highest BCUT2D eigenvalue weighted by atomic mass is 16.5. The van der Waals surface area contributed by atoms with Crippen molar-refractivity contribution in [3.8, 4) is 17.2 Å². The number of hydrogen-bond acceptors (Lipinski definition) is 6. The van der Waals surface area contributed by atoms with Crippen molar-refractivity contribution in [1.82, 2.24) is 5.43 Å². The third-order valence-corrected chi connectivity index (χ3v) is 3.28. The Hall–Kier alpha value is -3.22. The van der Waals surface area contributed by atoms with Gasteiger partial charge in [0.25, 0.3) is 5.91 Å². The number of amides is 1. The average Bonchev–Trinajstić information content (AvgIpc) is 2.61. The summed E-state index contributed by atoms with van der Waals surface area (Å²) in [5, 5.41) is 3.95. The molecule has 2 aromatic rings. The number of hydrogen-bond donors (Lipinski definition) is 2. The van der Waals surface area contributed by atoms with Crippen molar-refractivity contribution in [3.05, 3.63) is 47.5 Å². The number of rotatable bonds is 6. The molecular formula is C17H19N3O4. The monoisotopic (exact) mass is 329 g/mol. The Morgan fingerprint density at radius 1 is 1.00 bits per heavy atom. The number of nitrogens with one attached hydrogen (secondary N) is 1. The second kappa shape index (κ2) is 7.87. The molecule has 126 valence electrons. The minimum Gasteiger partial charge on any atom is -0.496 e. The number of methoxy groups -OCH3 is 3. The molecule has 0 aliphatic heterocycles. The lowest BCUT2D eigenvalue weighted by molar-refractivity contribution is 0.0955. The number of ether oxygens (including phenoxy) is 3. The highest BCUT2D eigenvalue weighted by molar-refractivity contribution is 5.95. The summed E-state index contributed by atoms with van der Waals surface area (Å²) in [4.78, 5) is 12.0. The van der Waals surface area contributed by atoms with Gasteiger partial charge in [0.1, 0.15) is 5.75 Å². The first-order valence-electron chi connectivity index (χ1n) is 7.08. The van der Waals surface area contributed by atoms with Gasteiger partial charge in [0, 0.05) is 22.9 Å². The van der Waals surface area contributed by atoms with Gasteiger partial charge >= 0.3 is 0 Å². The van der Waals surface area contributed by atoms with Crippen LogP contribution in [0.25, 0.3) is 0 Å². The topological polar surface area (TPSA) is 95.2 Å². The van der Waals surface area contributed by atoms with Crippen molar-refractivity contribution < 1.29 is 19.0 Å². The Labute approximate surface area is 140 Å². The zero-order valence-corrected chi connectivity index (χ0v) is 13.7. The number of benzene rings is 2. The van der Waals surface area contributed by atoms with Gasteiger partial charge in [0.15, 0.2) is 11.5 Å². The summed E-state index contributed by atoms with van der Waals surface area (Å²) < 4.78 is 15.7. The second-order valence-corrected chi connectivity index (χ2v) is 4.77. The van der Waals surface area contributed by atoms with Gasteiger partial charge < -0.3 is 19.9 Å². The first-order chi connectivity index (χ1) is 11.6. The lowest BCUT2D eigenvalue weighted by Gasteiger charge is -2.11. The van der Waals surface area contributed by atoms with Gasteiger partial charge in [0.05, 0.1) is 27.5 Å². The van der Waals surface area contributed by atoms with Gasteiger partial charge in [-0.2, -0.15) is 5.10 Å². The van der Waals surface area contributed by atoms with Crippen LogP contribution in [0.2, 0.25) is 0 Å². The Balaban J connectivity index is 2.16. The second-order valence-electron chi connectivity index (χ2n) is 4.77. The lowest BCUT2D eigenvalue weighted by atomic mass is 10.2. The van der Waals surface area contributed by atoms with E-state index in [1.807, 2.05) is 0 Å². The highest BCUT2D eigenvalue weighted by Gasteiger charge is 2.10. The Morgan fingerprint density at radius 3 is 2.17 bits per heavy atom. The van der Waals surface area contributed by atoms with Gasteiger partial charge in [-0.25, -0.2) is 5.43 Å². The van der Waals surface area contributed by atoms with Crippen LogP contribution in [0.5, 0.6) is 17.2 Å². The standard InChI is InChI=1S/C17H19N3O4/c1-22-14-9-16(24-3)15(23-2)8-12(14)10-19-20-17(21)11-4-6-13(18)7-5-11/h4-10H,18H2,1-3H3,(H,20,21)/b19-10-. The quantitative estimate of drug-likeness (QED) is 0.480. The molecule has 0 aliphatic carbocycles. The maximum Gasteiger partial charge on any atom is 0.271 e. The van der Waals surface area contributed by atoms with Crippen LogP contribution in [0.15, 0.2) is 41.5 Å². The number of nitrogens with two attached hydrogens (primary N) is 1. The van der Waals surface area contributed by atoms with E-state index in [1.54, 1.807) is 36.4 Å². The molecule has 0 saturated heterocycles. The molecule has 0 aliphatic rings. The van der Waals surface area contributed by atoms with Crippen molar-refractivity contribution in [2.75, 3.05) is 27.1 Å². The molecule has 0 bridgehead atoms. The molecule has 7 heteroatoms. The van der Waals surface area contributed by atoms with Crippen LogP contribution in [-0.2, 0) is 0 Å². The van der Waals surface area contributed by atoms with Crippen LogP contribution >= 0.6 is 0 Å². The predicted molar refractivity (Wildman–Crippen MR) is 92.0 cm³/mol. The van der Waals surface area contributed by atoms with Crippen LogP contribution in [0.4, 0.5) is 5.69 Å². The van der Waals surface area contributed by atoms with Crippen molar-refractivity contribution in [2.24, 2.45) is 5.10 Å². The van der Waals surface area contributed by atoms with E-state index in [0.717, 1.165) is 0 Å². The van der Waals surface area contributed by atoms with Gasteiger partial charge in [-0.15, -0.1) is 0 Å². The normalized spacial score (nSPS) is 10.5. The predicted octanol–water partition coefficient (Wildman–Crippen LogP) is 2.06. The molecule has 2 aromatic carbocycles. The van der Waals surface area contributed by atoms with Gasteiger partial charge in [-0.1, -0.05) is 0 Å². The summed E-state index contributed by atoms with van der Waals surface area (Å²) in [6.45, 7) is 0. The number of carbonyl (C=O) groups excluding carboxylic acids is 1. The molecule has 0 radical (unpaired) electrons. The zero-order chi connectivity index (χ0) is 17.5. The van der Waals surface area contributed by atoms with Crippen molar-refractivity contribution in [2.45, 2.75) is 0 Å². The molecule has 0 aromatic heterocycles. The summed E-state index contributed by atoms with van der Waals surface area (Å²) in [5.41, 5.74) is 9.71. The van der Waals surface area contributed by atoms with Crippen molar-refractivity contribution in [3.63, 3.8) is 0 Å². The summed E-state index contributed by atoms with van der Waals surface area (Å²) in [7, 11) is 4.61. The Morgan fingerprint density at radius 2 is 1.58 bits per heavy atom. The molecule has 0 spiro atoms. The highest BCUT2D eigenvalue weighted by Crippen LogP contribution is 2.33. The molecule has 0 atom stereocenters. The molecule has 3 N–H and O–H groups in total. The molecule has 24 heavy (non-hydrogen) atoms. The van der Waals surface area contributed by atoms with E-state index in [0.29, 0.717) is 34.1 Å². The molecule has 0 saturated carbocycles. The molecule has 1 amide bonds. The molecule has 0 unspecified atom stereocenters. The number of nitrogens with zero attached hydrogens (tertiary/aromatic N) is 1. The summed E-state index contributed by atoms with van der Waals surface area (Å²) in [6.07, 6.45) is 1.47. The average molecular weight is 329 g/mol. The summed E-state index contributed by atoms with van der Waals surface area (Å²) >= 11 is 0. The minimum atomic E-state index is -0.342. The van der Waals surface area contributed by atoms with Crippen LogP contribution in [0.3, 0.4) is 0 Å². The maximum atomic E-state index is 12.0. The fraction of sp³-hybridized carbons (Fsp3) is 0.176. The van der Waals surface area contributed by atoms with E-state index in [-0.39, 0.29) is 5.91 Å². The van der Waals surface area contributed by atoms with E-state index >= 15 is 0 Å². The first-order valence-corrected chi connectivity index (χ1v) is 7.08. The first kappa shape index (κ1) is 17.1. The third-order valence-electron chi connectivity index (χ3n) is 3.28. The Bertz CT molecular complexity index is 742. The van der Waals surface area contributed by atoms with E-state index in [1.165, 1.54) is 27.5 Å². The molecular weight excluding hydrogens is 310 g/mol. The fourth-order valence-electron chi connectivity index (χ4n) is 2.01. The zero-order valence-electron chi connectivity index (χ0n) is 13.7. The third kappa shape index (κ3) is 3.95. The summed E-state index contributed by atoms with van der Waals surface area (Å²) in [6, 6.07) is 9.93. The minimum absolute atomic E-state index is 0.342. The lowest BCUT2D eigenvalue weighted by Crippen LogP contribution is -2.17. The molecule has 7 nitrogen and oxygen atoms in total. The Kier molecular flexibility index (Phi) is 5.62. The van der Waals surface area contributed by atoms with Crippen LogP contribution in [-0.4, -0.2) is 33.5 Å². The van der Waals surface area contributed by atoms with Crippen molar-refractivity contribution >= 4 is 17.8 Å².